The highest BCUT2D eigenvalue weighted by Crippen LogP contribution is 2.26. The summed E-state index contributed by atoms with van der Waals surface area (Å²) in [6, 6.07) is 5.72. The smallest absolute Gasteiger partial charge is 0.233 e. The number of benzene rings is 1. The van der Waals surface area contributed by atoms with Crippen molar-refractivity contribution in [3.8, 4) is 5.75 Å². The van der Waals surface area contributed by atoms with Crippen LogP contribution in [-0.2, 0) is 4.79 Å². The molecule has 1 fully saturated rings. The molecule has 1 amide bonds. The number of nitrogens with zero attached hydrogens (tertiary/aromatic N) is 1. The number of methoxy groups -OCH3 is 1. The number of nitrogens with one attached hydrogen (secondary N) is 2. The maximum absolute atomic E-state index is 12.3. The summed E-state index contributed by atoms with van der Waals surface area (Å²) in [7, 11) is 1.64. The third kappa shape index (κ3) is 4.23. The molecule has 1 aliphatic carbocycles. The predicted octanol–water partition coefficient (Wildman–Crippen LogP) is 3.75. The van der Waals surface area contributed by atoms with Gasteiger partial charge in [-0.1, -0.05) is 31.0 Å². The maximum atomic E-state index is 12.3. The summed E-state index contributed by atoms with van der Waals surface area (Å²) >= 11 is 1.46. The third-order valence-electron chi connectivity index (χ3n) is 4.61. The van der Waals surface area contributed by atoms with Crippen LogP contribution >= 0.6 is 11.8 Å². The molecule has 1 aliphatic rings. The van der Waals surface area contributed by atoms with Crippen LogP contribution in [0.5, 0.6) is 5.75 Å². The van der Waals surface area contributed by atoms with E-state index in [-0.39, 0.29) is 11.2 Å². The van der Waals surface area contributed by atoms with Crippen LogP contribution in [0.1, 0.15) is 39.0 Å². The minimum absolute atomic E-state index is 0.0867. The Kier molecular flexibility index (Phi) is 5.66. The molecule has 0 saturated heterocycles. The molecular formula is C18H25N3O2S. The molecule has 1 aromatic carbocycles. The molecule has 3 rings (SSSR count). The molecule has 6 heteroatoms. The molecule has 130 valence electrons. The van der Waals surface area contributed by atoms with Crippen molar-refractivity contribution in [2.45, 2.75) is 49.4 Å². The largest absolute Gasteiger partial charge is 0.497 e. The first-order chi connectivity index (χ1) is 11.7. The second-order valence-electron chi connectivity index (χ2n) is 6.43. The van der Waals surface area contributed by atoms with Gasteiger partial charge in [0.2, 0.25) is 5.91 Å². The molecule has 0 aliphatic heterocycles. The molecule has 1 heterocycles. The minimum Gasteiger partial charge on any atom is -0.497 e. The van der Waals surface area contributed by atoms with Gasteiger partial charge in [0.25, 0.3) is 0 Å². The van der Waals surface area contributed by atoms with Gasteiger partial charge in [-0.3, -0.25) is 4.79 Å². The van der Waals surface area contributed by atoms with Crippen molar-refractivity contribution >= 4 is 28.7 Å². The van der Waals surface area contributed by atoms with Crippen molar-refractivity contribution in [2.24, 2.45) is 5.92 Å². The Balaban J connectivity index is 1.55. The number of imidazole rings is 1. The van der Waals surface area contributed by atoms with Crippen LogP contribution in [0.15, 0.2) is 23.4 Å². The number of aromatic amines is 1. The van der Waals surface area contributed by atoms with Gasteiger partial charge in [-0.05, 0) is 37.8 Å². The summed E-state index contributed by atoms with van der Waals surface area (Å²) < 4.78 is 5.22. The van der Waals surface area contributed by atoms with Crippen LogP contribution < -0.4 is 10.1 Å². The monoisotopic (exact) mass is 347 g/mol. The number of thioether (sulfide) groups is 1. The molecule has 5 nitrogen and oxygen atoms in total. The fraction of sp³-hybridized carbons (Fsp3) is 0.556. The Morgan fingerprint density at radius 2 is 2.21 bits per heavy atom. The van der Waals surface area contributed by atoms with Gasteiger partial charge in [0.15, 0.2) is 5.16 Å². The normalized spacial score (nSPS) is 16.9. The highest BCUT2D eigenvalue weighted by molar-refractivity contribution is 8.00. The zero-order chi connectivity index (χ0) is 16.9. The fourth-order valence-electron chi connectivity index (χ4n) is 3.15. The van der Waals surface area contributed by atoms with E-state index in [1.807, 2.05) is 25.1 Å². The first-order valence-corrected chi connectivity index (χ1v) is 9.52. The Hall–Kier alpha value is -1.69. The quantitative estimate of drug-likeness (QED) is 0.781. The van der Waals surface area contributed by atoms with Crippen molar-refractivity contribution < 1.29 is 9.53 Å². The van der Waals surface area contributed by atoms with Crippen molar-refractivity contribution in [3.05, 3.63) is 18.2 Å². The van der Waals surface area contributed by atoms with Gasteiger partial charge in [0.05, 0.1) is 23.4 Å². The van der Waals surface area contributed by atoms with Crippen LogP contribution in [0.3, 0.4) is 0 Å². The van der Waals surface area contributed by atoms with Crippen molar-refractivity contribution in [1.29, 1.82) is 0 Å². The SMILES string of the molecule is COc1ccc2nc(SC(C)C(=O)NCC3CCCCC3)[nH]c2c1. The maximum Gasteiger partial charge on any atom is 0.233 e. The Bertz CT molecular complexity index is 695. The topological polar surface area (TPSA) is 67.0 Å². The molecule has 1 atom stereocenters. The average Bonchev–Trinajstić information content (AvgIpc) is 3.01. The number of aromatic nitrogens is 2. The number of H-pyrrole nitrogens is 1. The summed E-state index contributed by atoms with van der Waals surface area (Å²) in [5, 5.41) is 3.70. The summed E-state index contributed by atoms with van der Waals surface area (Å²) in [6.07, 6.45) is 6.43. The van der Waals surface area contributed by atoms with Crippen molar-refractivity contribution in [3.63, 3.8) is 0 Å². The lowest BCUT2D eigenvalue weighted by molar-refractivity contribution is -0.120. The number of hydrogen-bond acceptors (Lipinski definition) is 4. The molecular weight excluding hydrogens is 322 g/mol. The predicted molar refractivity (Wildman–Crippen MR) is 97.5 cm³/mol. The zero-order valence-electron chi connectivity index (χ0n) is 14.3. The summed E-state index contributed by atoms with van der Waals surface area (Å²) in [4.78, 5) is 20.1. The number of amides is 1. The Morgan fingerprint density at radius 3 is 2.96 bits per heavy atom. The third-order valence-corrected chi connectivity index (χ3v) is 5.60. The van der Waals surface area contributed by atoms with Crippen molar-refractivity contribution in [1.82, 2.24) is 15.3 Å². The molecule has 0 bridgehead atoms. The molecule has 2 aromatic rings. The number of hydrogen-bond donors (Lipinski definition) is 2. The van der Waals surface area contributed by atoms with Crippen LogP contribution in [-0.4, -0.2) is 34.8 Å². The van der Waals surface area contributed by atoms with E-state index in [0.717, 1.165) is 28.5 Å². The first-order valence-electron chi connectivity index (χ1n) is 8.64. The minimum atomic E-state index is -0.170. The van der Waals surface area contributed by atoms with Gasteiger partial charge in [0.1, 0.15) is 5.75 Å². The van der Waals surface area contributed by atoms with Crippen LogP contribution in [0, 0.1) is 5.92 Å². The number of carbonyl (C=O) groups is 1. The van der Waals surface area contributed by atoms with Gasteiger partial charge in [-0.2, -0.15) is 0 Å². The number of fused-ring (bicyclic) bond motifs is 1. The Labute approximate surface area is 146 Å². The zero-order valence-corrected chi connectivity index (χ0v) is 15.1. The highest BCUT2D eigenvalue weighted by Gasteiger charge is 2.19. The molecule has 1 saturated carbocycles. The second-order valence-corrected chi connectivity index (χ2v) is 7.76. The summed E-state index contributed by atoms with van der Waals surface area (Å²) in [5.74, 6) is 1.53. The van der Waals surface area contributed by atoms with Gasteiger partial charge in [0, 0.05) is 12.6 Å². The lowest BCUT2D eigenvalue weighted by Gasteiger charge is -2.22. The van der Waals surface area contributed by atoms with E-state index in [0.29, 0.717) is 5.92 Å². The number of carbonyl (C=O) groups excluding carboxylic acids is 1. The van der Waals surface area contributed by atoms with E-state index in [1.54, 1.807) is 7.11 Å². The van der Waals surface area contributed by atoms with E-state index in [9.17, 15) is 4.79 Å². The van der Waals surface area contributed by atoms with E-state index >= 15 is 0 Å². The van der Waals surface area contributed by atoms with Gasteiger partial charge in [-0.25, -0.2) is 4.98 Å². The molecule has 1 unspecified atom stereocenters. The lowest BCUT2D eigenvalue weighted by Crippen LogP contribution is -2.35. The van der Waals surface area contributed by atoms with E-state index in [2.05, 4.69) is 15.3 Å². The van der Waals surface area contributed by atoms with Crippen LogP contribution in [0.25, 0.3) is 11.0 Å². The lowest BCUT2D eigenvalue weighted by atomic mass is 9.89. The standard InChI is InChI=1S/C18H25N3O2S/c1-12(17(22)19-11-13-6-4-3-5-7-13)24-18-20-15-9-8-14(23-2)10-16(15)21-18/h8-10,12-13H,3-7,11H2,1-2H3,(H,19,22)(H,20,21). The average molecular weight is 347 g/mol. The second kappa shape index (κ2) is 7.92. The van der Waals surface area contributed by atoms with Crippen molar-refractivity contribution in [2.75, 3.05) is 13.7 Å². The summed E-state index contributed by atoms with van der Waals surface area (Å²) in [6.45, 7) is 2.73. The van der Waals surface area contributed by atoms with E-state index < -0.39 is 0 Å². The molecule has 2 N–H and O–H groups in total. The Morgan fingerprint density at radius 1 is 1.42 bits per heavy atom. The fourth-order valence-corrected chi connectivity index (χ4v) is 3.99. The number of rotatable bonds is 6. The molecule has 1 aromatic heterocycles. The van der Waals surface area contributed by atoms with E-state index in [4.69, 9.17) is 4.74 Å². The van der Waals surface area contributed by atoms with Crippen LogP contribution in [0.2, 0.25) is 0 Å². The summed E-state index contributed by atoms with van der Waals surface area (Å²) in [5.41, 5.74) is 1.81. The molecule has 0 spiro atoms. The van der Waals surface area contributed by atoms with Gasteiger partial charge in [-0.15, -0.1) is 0 Å². The van der Waals surface area contributed by atoms with Crippen LogP contribution in [0.4, 0.5) is 0 Å². The van der Waals surface area contributed by atoms with E-state index in [1.165, 1.54) is 43.9 Å². The number of ether oxygens (including phenoxy) is 1. The highest BCUT2D eigenvalue weighted by atomic mass is 32.2. The first kappa shape index (κ1) is 17.1. The molecule has 0 radical (unpaired) electrons. The van der Waals surface area contributed by atoms with Gasteiger partial charge < -0.3 is 15.0 Å². The van der Waals surface area contributed by atoms with Gasteiger partial charge >= 0.3 is 0 Å². The molecule has 24 heavy (non-hydrogen) atoms.